The standard InChI is InChI=1S/C8H15FNO2/c1-6(9)5-10-7(11)12-8(2,3)4/h6H,1,5H2,2-4H3,(H,10,11)/t6-/m1/s1. The first-order valence-corrected chi connectivity index (χ1v) is 3.75. The predicted octanol–water partition coefficient (Wildman–Crippen LogP) is 1.68. The highest BCUT2D eigenvalue weighted by atomic mass is 19.1. The maximum atomic E-state index is 12.1. The molecule has 0 bridgehead atoms. The molecule has 4 heteroatoms. The number of nitrogens with one attached hydrogen (secondary N) is 1. The Kier molecular flexibility index (Phi) is 4.00. The second-order valence-corrected chi connectivity index (χ2v) is 3.48. The molecule has 1 radical (unpaired) electrons. The zero-order valence-electron chi connectivity index (χ0n) is 7.69. The van der Waals surface area contributed by atoms with Crippen molar-refractivity contribution in [2.45, 2.75) is 32.5 Å². The van der Waals surface area contributed by atoms with Crippen molar-refractivity contribution in [3.63, 3.8) is 0 Å². The van der Waals surface area contributed by atoms with E-state index in [2.05, 4.69) is 12.2 Å². The maximum absolute atomic E-state index is 12.1. The molecule has 0 unspecified atom stereocenters. The molecule has 1 atom stereocenters. The van der Waals surface area contributed by atoms with E-state index in [4.69, 9.17) is 4.74 Å². The van der Waals surface area contributed by atoms with Crippen molar-refractivity contribution in [3.05, 3.63) is 6.92 Å². The van der Waals surface area contributed by atoms with Crippen molar-refractivity contribution < 1.29 is 13.9 Å². The van der Waals surface area contributed by atoms with Gasteiger partial charge in [-0.2, -0.15) is 0 Å². The van der Waals surface area contributed by atoms with Gasteiger partial charge >= 0.3 is 6.09 Å². The van der Waals surface area contributed by atoms with Crippen LogP contribution < -0.4 is 5.32 Å². The quantitative estimate of drug-likeness (QED) is 0.695. The van der Waals surface area contributed by atoms with E-state index in [1.165, 1.54) is 0 Å². The highest BCUT2D eigenvalue weighted by Crippen LogP contribution is 2.06. The van der Waals surface area contributed by atoms with Crippen molar-refractivity contribution in [1.29, 1.82) is 0 Å². The van der Waals surface area contributed by atoms with Crippen LogP contribution >= 0.6 is 0 Å². The fourth-order valence-electron chi connectivity index (χ4n) is 0.508. The normalized spacial score (nSPS) is 13.8. The Morgan fingerprint density at radius 1 is 1.67 bits per heavy atom. The summed E-state index contributed by atoms with van der Waals surface area (Å²) in [7, 11) is 0. The van der Waals surface area contributed by atoms with E-state index < -0.39 is 17.9 Å². The SMILES string of the molecule is [CH2][C@@H](F)CNC(=O)OC(C)(C)C. The monoisotopic (exact) mass is 176 g/mol. The first-order chi connectivity index (χ1) is 5.31. The van der Waals surface area contributed by atoms with Crippen LogP contribution in [-0.4, -0.2) is 24.4 Å². The molecule has 12 heavy (non-hydrogen) atoms. The highest BCUT2D eigenvalue weighted by molar-refractivity contribution is 5.67. The third kappa shape index (κ3) is 7.31. The van der Waals surface area contributed by atoms with Gasteiger partial charge in [-0.15, -0.1) is 0 Å². The number of ether oxygens (including phenoxy) is 1. The topological polar surface area (TPSA) is 38.3 Å². The van der Waals surface area contributed by atoms with Gasteiger partial charge in [0.2, 0.25) is 0 Å². The lowest BCUT2D eigenvalue weighted by atomic mass is 10.2. The van der Waals surface area contributed by atoms with Crippen LogP contribution in [0.1, 0.15) is 20.8 Å². The number of carbonyl (C=O) groups is 1. The van der Waals surface area contributed by atoms with Crippen LogP contribution in [0.3, 0.4) is 0 Å². The third-order valence-corrected chi connectivity index (χ3v) is 0.867. The molecular formula is C8H15FNO2. The summed E-state index contributed by atoms with van der Waals surface area (Å²) in [6.07, 6.45) is -1.91. The van der Waals surface area contributed by atoms with Gasteiger partial charge in [0.15, 0.2) is 0 Å². The number of rotatable bonds is 2. The molecule has 0 saturated heterocycles. The van der Waals surface area contributed by atoms with Crippen LogP contribution in [0.2, 0.25) is 0 Å². The Balaban J connectivity index is 3.61. The molecule has 0 aliphatic carbocycles. The molecule has 0 saturated carbocycles. The lowest BCUT2D eigenvalue weighted by Gasteiger charge is -2.19. The van der Waals surface area contributed by atoms with E-state index in [1.807, 2.05) is 0 Å². The van der Waals surface area contributed by atoms with E-state index in [9.17, 15) is 9.18 Å². The third-order valence-electron chi connectivity index (χ3n) is 0.867. The fraction of sp³-hybridized carbons (Fsp3) is 0.750. The second kappa shape index (κ2) is 4.28. The molecule has 0 aromatic rings. The number of alkyl halides is 1. The summed E-state index contributed by atoms with van der Waals surface area (Å²) in [5.74, 6) is 0. The molecule has 0 aromatic carbocycles. The van der Waals surface area contributed by atoms with Crippen LogP contribution in [0, 0.1) is 6.92 Å². The zero-order valence-corrected chi connectivity index (χ0v) is 7.69. The van der Waals surface area contributed by atoms with Crippen molar-refractivity contribution in [3.8, 4) is 0 Å². The predicted molar refractivity (Wildman–Crippen MR) is 44.5 cm³/mol. The van der Waals surface area contributed by atoms with Crippen molar-refractivity contribution in [1.82, 2.24) is 5.32 Å². The first kappa shape index (κ1) is 11.2. The van der Waals surface area contributed by atoms with E-state index in [0.717, 1.165) is 0 Å². The summed E-state index contributed by atoms with van der Waals surface area (Å²) < 4.78 is 17.0. The van der Waals surface area contributed by atoms with Crippen LogP contribution in [0.4, 0.5) is 9.18 Å². The molecule has 0 rings (SSSR count). The van der Waals surface area contributed by atoms with Gasteiger partial charge in [0.25, 0.3) is 0 Å². The van der Waals surface area contributed by atoms with E-state index in [0.29, 0.717) is 0 Å². The van der Waals surface area contributed by atoms with Gasteiger partial charge in [-0.25, -0.2) is 9.18 Å². The molecule has 1 N–H and O–H groups in total. The molecule has 1 amide bonds. The largest absolute Gasteiger partial charge is 0.444 e. The summed E-state index contributed by atoms with van der Waals surface area (Å²) in [5.41, 5.74) is -0.545. The minimum absolute atomic E-state index is 0.116. The van der Waals surface area contributed by atoms with Gasteiger partial charge in [-0.1, -0.05) is 0 Å². The van der Waals surface area contributed by atoms with Crippen LogP contribution in [0.5, 0.6) is 0 Å². The molecule has 0 spiro atoms. The first-order valence-electron chi connectivity index (χ1n) is 3.75. The molecule has 71 valence electrons. The fourth-order valence-corrected chi connectivity index (χ4v) is 0.508. The van der Waals surface area contributed by atoms with Gasteiger partial charge in [0, 0.05) is 0 Å². The summed E-state index contributed by atoms with van der Waals surface area (Å²) in [6, 6.07) is 0. The number of hydrogen-bond acceptors (Lipinski definition) is 2. The lowest BCUT2D eigenvalue weighted by molar-refractivity contribution is 0.0518. The number of hydrogen-bond donors (Lipinski definition) is 1. The average molecular weight is 176 g/mol. The summed E-state index contributed by atoms with van der Waals surface area (Å²) in [6.45, 7) is 8.17. The van der Waals surface area contributed by atoms with Crippen LogP contribution in [-0.2, 0) is 4.74 Å². The van der Waals surface area contributed by atoms with Crippen LogP contribution in [0.15, 0.2) is 0 Å². The summed E-state index contributed by atoms with van der Waals surface area (Å²) >= 11 is 0. The Morgan fingerprint density at radius 2 is 2.17 bits per heavy atom. The van der Waals surface area contributed by atoms with E-state index >= 15 is 0 Å². The van der Waals surface area contributed by atoms with Gasteiger partial charge < -0.3 is 10.1 Å². The van der Waals surface area contributed by atoms with Gasteiger partial charge in [0.1, 0.15) is 11.8 Å². The molecule has 0 aliphatic rings. The van der Waals surface area contributed by atoms with E-state index in [-0.39, 0.29) is 6.54 Å². The zero-order chi connectivity index (χ0) is 9.78. The number of amides is 1. The van der Waals surface area contributed by atoms with Gasteiger partial charge in [-0.05, 0) is 27.7 Å². The Hall–Kier alpha value is -0.800. The minimum atomic E-state index is -1.29. The van der Waals surface area contributed by atoms with Gasteiger partial charge in [-0.3, -0.25) is 0 Å². The van der Waals surface area contributed by atoms with Gasteiger partial charge in [0.05, 0.1) is 6.54 Å². The maximum Gasteiger partial charge on any atom is 0.407 e. The minimum Gasteiger partial charge on any atom is -0.444 e. The summed E-state index contributed by atoms with van der Waals surface area (Å²) in [4.78, 5) is 10.8. The van der Waals surface area contributed by atoms with Crippen molar-refractivity contribution in [2.24, 2.45) is 0 Å². The van der Waals surface area contributed by atoms with Crippen LogP contribution in [0.25, 0.3) is 0 Å². The Bertz CT molecular complexity index is 152. The average Bonchev–Trinajstić information content (AvgIpc) is 1.79. The number of carbonyl (C=O) groups excluding carboxylic acids is 1. The number of alkyl carbamates (subject to hydrolysis) is 1. The lowest BCUT2D eigenvalue weighted by Crippen LogP contribution is -2.35. The molecule has 0 aliphatic heterocycles. The molecule has 0 heterocycles. The highest BCUT2D eigenvalue weighted by Gasteiger charge is 2.15. The molecule has 3 nitrogen and oxygen atoms in total. The Labute approximate surface area is 72.3 Å². The molecule has 0 fully saturated rings. The summed E-state index contributed by atoms with van der Waals surface area (Å²) in [5, 5.41) is 2.24. The second-order valence-electron chi connectivity index (χ2n) is 3.48. The molecule has 0 aromatic heterocycles. The van der Waals surface area contributed by atoms with Crippen molar-refractivity contribution in [2.75, 3.05) is 6.54 Å². The molecular weight excluding hydrogens is 161 g/mol. The Morgan fingerprint density at radius 3 is 2.50 bits per heavy atom. The number of halogens is 1. The smallest absolute Gasteiger partial charge is 0.407 e. The van der Waals surface area contributed by atoms with E-state index in [1.54, 1.807) is 20.8 Å². The van der Waals surface area contributed by atoms with Crippen molar-refractivity contribution >= 4 is 6.09 Å².